The molecule has 1 rings (SSSR count). The molecule has 1 atom stereocenters. The lowest BCUT2D eigenvalue weighted by Gasteiger charge is -2.25. The summed E-state index contributed by atoms with van der Waals surface area (Å²) in [5.41, 5.74) is 0. The van der Waals surface area contributed by atoms with Crippen LogP contribution in [0.4, 0.5) is 0 Å². The van der Waals surface area contributed by atoms with Crippen LogP contribution in [0, 0.1) is 11.8 Å². The molecule has 1 unspecified atom stereocenters. The van der Waals surface area contributed by atoms with Crippen LogP contribution in [-0.2, 0) is 0 Å². The highest BCUT2D eigenvalue weighted by atomic mass is 14.8. The zero-order chi connectivity index (χ0) is 8.81. The molecule has 72 valence electrons. The van der Waals surface area contributed by atoms with Crippen molar-refractivity contribution >= 4 is 0 Å². The first kappa shape index (κ1) is 10.0. The minimum atomic E-state index is 0.853. The Balaban J connectivity index is 1.82. The van der Waals surface area contributed by atoms with E-state index in [-0.39, 0.29) is 0 Å². The summed E-state index contributed by atoms with van der Waals surface area (Å²) < 4.78 is 0. The van der Waals surface area contributed by atoms with Crippen molar-refractivity contribution in [2.24, 2.45) is 11.8 Å². The molecule has 0 aromatic rings. The normalized spacial score (nSPS) is 20.5. The van der Waals surface area contributed by atoms with Gasteiger partial charge in [-0.05, 0) is 31.3 Å². The Bertz CT molecular complexity index is 101. The number of hydrogen-bond donors (Lipinski definition) is 1. The molecule has 0 aromatic carbocycles. The van der Waals surface area contributed by atoms with Gasteiger partial charge in [0.2, 0.25) is 0 Å². The summed E-state index contributed by atoms with van der Waals surface area (Å²) in [6.45, 7) is 7.03. The maximum atomic E-state index is 3.54. The molecule has 1 aliphatic carbocycles. The van der Waals surface area contributed by atoms with Gasteiger partial charge in [-0.1, -0.05) is 39.5 Å². The summed E-state index contributed by atoms with van der Waals surface area (Å²) in [4.78, 5) is 0. The first-order valence-corrected chi connectivity index (χ1v) is 5.53. The van der Waals surface area contributed by atoms with E-state index in [1.165, 1.54) is 45.2 Å². The van der Waals surface area contributed by atoms with Crippen molar-refractivity contribution in [1.29, 1.82) is 0 Å². The van der Waals surface area contributed by atoms with E-state index >= 15 is 0 Å². The fraction of sp³-hybridized carbons (Fsp3) is 1.00. The van der Waals surface area contributed by atoms with Crippen LogP contribution in [0.2, 0.25) is 0 Å². The van der Waals surface area contributed by atoms with E-state index in [4.69, 9.17) is 0 Å². The minimum absolute atomic E-state index is 0.853. The lowest BCUT2D eigenvalue weighted by molar-refractivity contribution is 0.290. The molecule has 1 saturated carbocycles. The Kier molecular flexibility index (Phi) is 4.67. The second-order valence-corrected chi connectivity index (χ2v) is 4.30. The largest absolute Gasteiger partial charge is 0.316 e. The highest BCUT2D eigenvalue weighted by Crippen LogP contribution is 2.28. The van der Waals surface area contributed by atoms with E-state index in [1.807, 2.05) is 0 Å². The van der Waals surface area contributed by atoms with Gasteiger partial charge in [-0.25, -0.2) is 0 Å². The van der Waals surface area contributed by atoms with Gasteiger partial charge in [0.25, 0.3) is 0 Å². The molecular formula is C11H23N. The van der Waals surface area contributed by atoms with E-state index in [1.54, 1.807) is 0 Å². The van der Waals surface area contributed by atoms with Gasteiger partial charge < -0.3 is 5.32 Å². The van der Waals surface area contributed by atoms with Gasteiger partial charge >= 0.3 is 0 Å². The van der Waals surface area contributed by atoms with Crippen LogP contribution in [0.5, 0.6) is 0 Å². The van der Waals surface area contributed by atoms with Crippen LogP contribution in [0.25, 0.3) is 0 Å². The molecular weight excluding hydrogens is 146 g/mol. The van der Waals surface area contributed by atoms with Gasteiger partial charge in [-0.3, -0.25) is 0 Å². The summed E-state index contributed by atoms with van der Waals surface area (Å²) in [5, 5.41) is 3.54. The molecule has 1 nitrogen and oxygen atoms in total. The van der Waals surface area contributed by atoms with E-state index in [0.717, 1.165) is 11.8 Å². The van der Waals surface area contributed by atoms with Crippen molar-refractivity contribution < 1.29 is 0 Å². The van der Waals surface area contributed by atoms with Crippen molar-refractivity contribution in [3.05, 3.63) is 0 Å². The second kappa shape index (κ2) is 5.58. The first-order chi connectivity index (χ1) is 5.83. The topological polar surface area (TPSA) is 12.0 Å². The number of nitrogens with one attached hydrogen (secondary N) is 1. The average Bonchev–Trinajstić information content (AvgIpc) is 2.00. The first-order valence-electron chi connectivity index (χ1n) is 5.53. The predicted molar refractivity (Wildman–Crippen MR) is 54.3 cm³/mol. The SMILES string of the molecule is CCC(C)CNCCC1CCC1. The molecule has 0 heterocycles. The third kappa shape index (κ3) is 3.57. The van der Waals surface area contributed by atoms with Crippen LogP contribution in [0.1, 0.15) is 46.0 Å². The Morgan fingerprint density at radius 2 is 2.17 bits per heavy atom. The molecule has 1 N–H and O–H groups in total. The number of rotatable bonds is 6. The summed E-state index contributed by atoms with van der Waals surface area (Å²) in [6, 6.07) is 0. The van der Waals surface area contributed by atoms with E-state index < -0.39 is 0 Å². The molecule has 0 spiro atoms. The molecule has 0 bridgehead atoms. The third-order valence-electron chi connectivity index (χ3n) is 3.14. The lowest BCUT2D eigenvalue weighted by atomic mass is 9.83. The van der Waals surface area contributed by atoms with Crippen molar-refractivity contribution in [2.75, 3.05) is 13.1 Å². The van der Waals surface area contributed by atoms with Crippen LogP contribution in [-0.4, -0.2) is 13.1 Å². The van der Waals surface area contributed by atoms with Gasteiger partial charge in [0.05, 0.1) is 0 Å². The molecule has 0 aromatic heterocycles. The van der Waals surface area contributed by atoms with Gasteiger partial charge in [-0.15, -0.1) is 0 Å². The quantitative estimate of drug-likeness (QED) is 0.603. The number of hydrogen-bond acceptors (Lipinski definition) is 1. The van der Waals surface area contributed by atoms with Crippen molar-refractivity contribution in [3.63, 3.8) is 0 Å². The molecule has 1 aliphatic rings. The second-order valence-electron chi connectivity index (χ2n) is 4.30. The summed E-state index contributed by atoms with van der Waals surface area (Å²) in [6.07, 6.45) is 7.18. The third-order valence-corrected chi connectivity index (χ3v) is 3.14. The van der Waals surface area contributed by atoms with Gasteiger partial charge in [-0.2, -0.15) is 0 Å². The summed E-state index contributed by atoms with van der Waals surface area (Å²) in [7, 11) is 0. The van der Waals surface area contributed by atoms with Gasteiger partial charge in [0.1, 0.15) is 0 Å². The zero-order valence-corrected chi connectivity index (χ0v) is 8.60. The molecule has 0 amide bonds. The van der Waals surface area contributed by atoms with Gasteiger partial charge in [0, 0.05) is 0 Å². The molecule has 1 heteroatoms. The van der Waals surface area contributed by atoms with Crippen LogP contribution < -0.4 is 5.32 Å². The Labute approximate surface area is 76.9 Å². The maximum Gasteiger partial charge on any atom is -0.00233 e. The monoisotopic (exact) mass is 169 g/mol. The van der Waals surface area contributed by atoms with Gasteiger partial charge in [0.15, 0.2) is 0 Å². The highest BCUT2D eigenvalue weighted by molar-refractivity contribution is 4.70. The standard InChI is InChI=1S/C11H23N/c1-3-10(2)9-12-8-7-11-5-4-6-11/h10-12H,3-9H2,1-2H3. The van der Waals surface area contributed by atoms with Crippen LogP contribution in [0.3, 0.4) is 0 Å². The molecule has 0 aliphatic heterocycles. The Hall–Kier alpha value is -0.0400. The van der Waals surface area contributed by atoms with E-state index in [2.05, 4.69) is 19.2 Å². The Morgan fingerprint density at radius 1 is 1.42 bits per heavy atom. The van der Waals surface area contributed by atoms with Crippen molar-refractivity contribution in [1.82, 2.24) is 5.32 Å². The molecule has 0 saturated heterocycles. The fourth-order valence-corrected chi connectivity index (χ4v) is 1.58. The summed E-state index contributed by atoms with van der Waals surface area (Å²) in [5.74, 6) is 1.92. The maximum absolute atomic E-state index is 3.54. The van der Waals surface area contributed by atoms with Crippen LogP contribution in [0.15, 0.2) is 0 Å². The molecule has 0 radical (unpaired) electrons. The molecule has 12 heavy (non-hydrogen) atoms. The van der Waals surface area contributed by atoms with Crippen molar-refractivity contribution in [3.8, 4) is 0 Å². The van der Waals surface area contributed by atoms with E-state index in [0.29, 0.717) is 0 Å². The van der Waals surface area contributed by atoms with Crippen molar-refractivity contribution in [2.45, 2.75) is 46.0 Å². The lowest BCUT2D eigenvalue weighted by Crippen LogP contribution is -2.25. The smallest absolute Gasteiger partial charge is 0.00233 e. The minimum Gasteiger partial charge on any atom is -0.316 e. The highest BCUT2D eigenvalue weighted by Gasteiger charge is 2.16. The fourth-order valence-electron chi connectivity index (χ4n) is 1.58. The zero-order valence-electron chi connectivity index (χ0n) is 8.60. The van der Waals surface area contributed by atoms with Crippen LogP contribution >= 0.6 is 0 Å². The molecule has 1 fully saturated rings. The Morgan fingerprint density at radius 3 is 2.67 bits per heavy atom. The summed E-state index contributed by atoms with van der Waals surface area (Å²) >= 11 is 0. The van der Waals surface area contributed by atoms with E-state index in [9.17, 15) is 0 Å². The predicted octanol–water partition coefficient (Wildman–Crippen LogP) is 2.81. The average molecular weight is 169 g/mol.